The Balaban J connectivity index is 2.97. The number of aromatic nitrogens is 2. The molecule has 0 amide bonds. The molecule has 1 heterocycles. The van der Waals surface area contributed by atoms with E-state index in [1.165, 1.54) is 0 Å². The molecule has 16 heavy (non-hydrogen) atoms. The van der Waals surface area contributed by atoms with Crippen LogP contribution < -0.4 is 5.32 Å². The van der Waals surface area contributed by atoms with Crippen molar-refractivity contribution in [3.05, 3.63) is 16.0 Å². The lowest BCUT2D eigenvalue weighted by atomic mass is 10.4. The monoisotopic (exact) mass is 289 g/mol. The first-order valence-electron chi connectivity index (χ1n) is 5.02. The molecule has 0 bridgehead atoms. The van der Waals surface area contributed by atoms with E-state index in [1.807, 2.05) is 14.0 Å². The van der Waals surface area contributed by atoms with Crippen LogP contribution in [-0.4, -0.2) is 30.7 Å². The van der Waals surface area contributed by atoms with Crippen molar-refractivity contribution >= 4 is 21.7 Å². The number of halogens is 1. The second-order valence-corrected chi connectivity index (χ2v) is 3.86. The molecular formula is C10H16BrN3O2. The van der Waals surface area contributed by atoms with Crippen molar-refractivity contribution in [1.82, 2.24) is 9.97 Å². The maximum atomic E-state index is 5.28. The summed E-state index contributed by atoms with van der Waals surface area (Å²) in [7, 11) is 3.45. The van der Waals surface area contributed by atoms with Crippen LogP contribution in [0.2, 0.25) is 0 Å². The third-order valence-corrected chi connectivity index (χ3v) is 2.75. The van der Waals surface area contributed by atoms with Gasteiger partial charge in [-0.1, -0.05) is 0 Å². The Morgan fingerprint density at radius 1 is 1.31 bits per heavy atom. The number of ether oxygens (including phenoxy) is 2. The summed E-state index contributed by atoms with van der Waals surface area (Å²) in [6, 6.07) is 0. The SMILES string of the molecule is CCOCc1nc(COC)c(Br)c(NC)n1. The second kappa shape index (κ2) is 6.78. The Morgan fingerprint density at radius 2 is 2.06 bits per heavy atom. The number of nitrogens with zero attached hydrogens (tertiary/aromatic N) is 2. The minimum Gasteiger partial charge on any atom is -0.378 e. The van der Waals surface area contributed by atoms with E-state index in [2.05, 4.69) is 31.2 Å². The molecule has 90 valence electrons. The number of methoxy groups -OCH3 is 1. The van der Waals surface area contributed by atoms with Crippen molar-refractivity contribution < 1.29 is 9.47 Å². The average Bonchev–Trinajstić information content (AvgIpc) is 2.30. The highest BCUT2D eigenvalue weighted by Gasteiger charge is 2.11. The number of nitrogens with one attached hydrogen (secondary N) is 1. The van der Waals surface area contributed by atoms with Gasteiger partial charge in [0.05, 0.1) is 16.8 Å². The minimum absolute atomic E-state index is 0.412. The number of hydrogen-bond acceptors (Lipinski definition) is 5. The molecule has 0 saturated heterocycles. The lowest BCUT2D eigenvalue weighted by Gasteiger charge is -2.10. The molecule has 1 aromatic heterocycles. The van der Waals surface area contributed by atoms with E-state index < -0.39 is 0 Å². The molecule has 0 fully saturated rings. The summed E-state index contributed by atoms with van der Waals surface area (Å²) >= 11 is 3.44. The molecule has 0 saturated carbocycles. The molecule has 1 rings (SSSR count). The van der Waals surface area contributed by atoms with Gasteiger partial charge < -0.3 is 14.8 Å². The zero-order chi connectivity index (χ0) is 12.0. The van der Waals surface area contributed by atoms with Gasteiger partial charge in [0.1, 0.15) is 12.4 Å². The quantitative estimate of drug-likeness (QED) is 0.868. The minimum atomic E-state index is 0.412. The fourth-order valence-electron chi connectivity index (χ4n) is 1.20. The van der Waals surface area contributed by atoms with Crippen LogP contribution in [0.1, 0.15) is 18.4 Å². The molecule has 0 aromatic carbocycles. The normalized spacial score (nSPS) is 10.5. The summed E-state index contributed by atoms with van der Waals surface area (Å²) in [6.07, 6.45) is 0. The standard InChI is InChI=1S/C10H16BrN3O2/c1-4-16-6-8-13-7(5-15-3)9(11)10(12-2)14-8/h4-6H2,1-3H3,(H,12,13,14). The summed E-state index contributed by atoms with van der Waals surface area (Å²) in [5, 5.41) is 3.00. The van der Waals surface area contributed by atoms with Crippen LogP contribution in [0.4, 0.5) is 5.82 Å². The second-order valence-electron chi connectivity index (χ2n) is 3.07. The maximum absolute atomic E-state index is 5.28. The van der Waals surface area contributed by atoms with Gasteiger partial charge >= 0.3 is 0 Å². The summed E-state index contributed by atoms with van der Waals surface area (Å²) in [4.78, 5) is 8.68. The van der Waals surface area contributed by atoms with Crippen molar-refractivity contribution in [3.8, 4) is 0 Å². The zero-order valence-corrected chi connectivity index (χ0v) is 11.3. The molecule has 0 aliphatic carbocycles. The highest BCUT2D eigenvalue weighted by molar-refractivity contribution is 9.10. The van der Waals surface area contributed by atoms with Crippen LogP contribution in [0.25, 0.3) is 0 Å². The Morgan fingerprint density at radius 3 is 2.62 bits per heavy atom. The molecule has 6 heteroatoms. The first-order valence-corrected chi connectivity index (χ1v) is 5.81. The number of anilines is 1. The number of hydrogen-bond donors (Lipinski definition) is 1. The van der Waals surface area contributed by atoms with Crippen molar-refractivity contribution in [2.75, 3.05) is 26.1 Å². The van der Waals surface area contributed by atoms with Gasteiger partial charge in [-0.2, -0.15) is 0 Å². The van der Waals surface area contributed by atoms with Gasteiger partial charge in [-0.25, -0.2) is 9.97 Å². The molecular weight excluding hydrogens is 274 g/mol. The predicted molar refractivity (Wildman–Crippen MR) is 65.3 cm³/mol. The molecule has 0 unspecified atom stereocenters. The van der Waals surface area contributed by atoms with Gasteiger partial charge in [0.2, 0.25) is 0 Å². The zero-order valence-electron chi connectivity index (χ0n) is 9.71. The van der Waals surface area contributed by atoms with Crippen LogP contribution in [-0.2, 0) is 22.7 Å². The van der Waals surface area contributed by atoms with E-state index in [1.54, 1.807) is 7.11 Å². The van der Waals surface area contributed by atoms with Crippen LogP contribution >= 0.6 is 15.9 Å². The number of rotatable bonds is 6. The highest BCUT2D eigenvalue weighted by atomic mass is 79.9. The van der Waals surface area contributed by atoms with E-state index in [4.69, 9.17) is 9.47 Å². The Bertz CT molecular complexity index is 347. The lowest BCUT2D eigenvalue weighted by Crippen LogP contribution is -2.07. The van der Waals surface area contributed by atoms with Gasteiger partial charge in [-0.3, -0.25) is 0 Å². The van der Waals surface area contributed by atoms with Crippen molar-refractivity contribution in [2.45, 2.75) is 20.1 Å². The maximum Gasteiger partial charge on any atom is 0.156 e. The Hall–Kier alpha value is -0.720. The van der Waals surface area contributed by atoms with E-state index in [-0.39, 0.29) is 0 Å². The molecule has 0 spiro atoms. The summed E-state index contributed by atoms with van der Waals surface area (Å²) in [5.74, 6) is 1.40. The third-order valence-electron chi connectivity index (χ3n) is 1.92. The smallest absolute Gasteiger partial charge is 0.156 e. The molecule has 0 aliphatic heterocycles. The van der Waals surface area contributed by atoms with Gasteiger partial charge in [-0.05, 0) is 22.9 Å². The average molecular weight is 290 g/mol. The molecule has 0 radical (unpaired) electrons. The van der Waals surface area contributed by atoms with E-state index in [0.717, 1.165) is 16.0 Å². The fourth-order valence-corrected chi connectivity index (χ4v) is 1.69. The molecule has 1 N–H and O–H groups in total. The fraction of sp³-hybridized carbons (Fsp3) is 0.600. The van der Waals surface area contributed by atoms with Crippen molar-refractivity contribution in [2.24, 2.45) is 0 Å². The van der Waals surface area contributed by atoms with Gasteiger partial charge in [0.15, 0.2) is 5.82 Å². The lowest BCUT2D eigenvalue weighted by molar-refractivity contribution is 0.127. The summed E-state index contributed by atoms with van der Waals surface area (Å²) in [6.45, 7) is 3.44. The summed E-state index contributed by atoms with van der Waals surface area (Å²) in [5.41, 5.74) is 0.816. The highest BCUT2D eigenvalue weighted by Crippen LogP contribution is 2.23. The topological polar surface area (TPSA) is 56.3 Å². The van der Waals surface area contributed by atoms with Crippen LogP contribution in [0.3, 0.4) is 0 Å². The predicted octanol–water partition coefficient (Wildman–Crippen LogP) is 1.96. The first-order chi connectivity index (χ1) is 7.72. The van der Waals surface area contributed by atoms with Crippen LogP contribution in [0.15, 0.2) is 4.47 Å². The van der Waals surface area contributed by atoms with Gasteiger partial charge in [-0.15, -0.1) is 0 Å². The largest absolute Gasteiger partial charge is 0.378 e. The Labute approximate surface area is 104 Å². The van der Waals surface area contributed by atoms with Crippen molar-refractivity contribution in [1.29, 1.82) is 0 Å². The summed E-state index contributed by atoms with van der Waals surface area (Å²) < 4.78 is 11.2. The van der Waals surface area contributed by atoms with Gasteiger partial charge in [0.25, 0.3) is 0 Å². The third kappa shape index (κ3) is 3.40. The van der Waals surface area contributed by atoms with Crippen molar-refractivity contribution in [3.63, 3.8) is 0 Å². The molecule has 0 aliphatic rings. The van der Waals surface area contributed by atoms with E-state index >= 15 is 0 Å². The van der Waals surface area contributed by atoms with Crippen LogP contribution in [0, 0.1) is 0 Å². The molecule has 0 atom stereocenters. The molecule has 1 aromatic rings. The van der Waals surface area contributed by atoms with E-state index in [9.17, 15) is 0 Å². The molecule has 5 nitrogen and oxygen atoms in total. The first kappa shape index (κ1) is 13.3. The van der Waals surface area contributed by atoms with Gasteiger partial charge in [0, 0.05) is 20.8 Å². The van der Waals surface area contributed by atoms with E-state index in [0.29, 0.717) is 25.6 Å². The van der Waals surface area contributed by atoms with Crippen LogP contribution in [0.5, 0.6) is 0 Å². The Kier molecular flexibility index (Phi) is 5.65.